The van der Waals surface area contributed by atoms with E-state index in [1.54, 1.807) is 0 Å². The number of aliphatic imine (C=N–C) groups is 1. The van der Waals surface area contributed by atoms with Gasteiger partial charge < -0.3 is 20.1 Å². The van der Waals surface area contributed by atoms with E-state index in [1.165, 1.54) is 12.8 Å². The van der Waals surface area contributed by atoms with E-state index in [9.17, 15) is 0 Å². The molecule has 7 nitrogen and oxygen atoms in total. The maximum Gasteiger partial charge on any atom is 0.213 e. The Kier molecular flexibility index (Phi) is 7.51. The molecule has 0 radical (unpaired) electrons. The lowest BCUT2D eigenvalue weighted by Gasteiger charge is -2.26. The Morgan fingerprint density at radius 3 is 2.85 bits per heavy atom. The zero-order valence-electron chi connectivity index (χ0n) is 15.7. The van der Waals surface area contributed by atoms with E-state index < -0.39 is 0 Å². The number of morpholine rings is 1. The second kappa shape index (κ2) is 10.3. The lowest BCUT2D eigenvalue weighted by molar-refractivity contribution is 0.0389. The molecule has 1 aliphatic heterocycles. The van der Waals surface area contributed by atoms with Gasteiger partial charge in [-0.2, -0.15) is 0 Å². The maximum atomic E-state index is 5.67. The Morgan fingerprint density at radius 1 is 1.31 bits per heavy atom. The number of pyridine rings is 1. The molecule has 0 atom stereocenters. The van der Waals surface area contributed by atoms with Crippen LogP contribution in [0.4, 0.5) is 0 Å². The van der Waals surface area contributed by atoms with Gasteiger partial charge in [-0.15, -0.1) is 0 Å². The summed E-state index contributed by atoms with van der Waals surface area (Å²) in [6.45, 7) is 9.88. The summed E-state index contributed by atoms with van der Waals surface area (Å²) >= 11 is 0. The molecule has 2 heterocycles. The Morgan fingerprint density at radius 2 is 2.15 bits per heavy atom. The van der Waals surface area contributed by atoms with Crippen LogP contribution in [0, 0.1) is 5.92 Å². The molecule has 26 heavy (non-hydrogen) atoms. The minimum absolute atomic E-state index is 0.600. The molecular formula is C19H31N5O2. The average Bonchev–Trinajstić information content (AvgIpc) is 3.51. The summed E-state index contributed by atoms with van der Waals surface area (Å²) in [6.07, 6.45) is 4.43. The van der Waals surface area contributed by atoms with Crippen molar-refractivity contribution < 1.29 is 9.47 Å². The SMILES string of the molecule is CCNC(=NCc1ccc(OCC2CC2)nc1)NCCN1CCOCC1. The first-order chi connectivity index (χ1) is 12.8. The van der Waals surface area contributed by atoms with Crippen molar-refractivity contribution >= 4 is 5.96 Å². The van der Waals surface area contributed by atoms with Crippen molar-refractivity contribution in [2.75, 3.05) is 52.5 Å². The fourth-order valence-electron chi connectivity index (χ4n) is 2.75. The van der Waals surface area contributed by atoms with Crippen molar-refractivity contribution in [3.05, 3.63) is 23.9 Å². The van der Waals surface area contributed by atoms with E-state index in [1.807, 2.05) is 18.3 Å². The standard InChI is InChI=1S/C19H31N5O2/c1-2-20-19(21-7-8-24-9-11-25-12-10-24)23-14-17-5-6-18(22-13-17)26-15-16-3-4-16/h5-6,13,16H,2-4,7-12,14-15H2,1H3,(H2,20,21,23). The van der Waals surface area contributed by atoms with E-state index >= 15 is 0 Å². The van der Waals surface area contributed by atoms with Crippen molar-refractivity contribution in [1.82, 2.24) is 20.5 Å². The van der Waals surface area contributed by atoms with Gasteiger partial charge in [-0.3, -0.25) is 4.90 Å². The van der Waals surface area contributed by atoms with Gasteiger partial charge in [0.25, 0.3) is 0 Å². The van der Waals surface area contributed by atoms with Crippen LogP contribution < -0.4 is 15.4 Å². The van der Waals surface area contributed by atoms with Crippen LogP contribution in [-0.2, 0) is 11.3 Å². The topological polar surface area (TPSA) is 71.0 Å². The number of hydrogen-bond acceptors (Lipinski definition) is 5. The zero-order valence-corrected chi connectivity index (χ0v) is 15.7. The molecule has 0 unspecified atom stereocenters. The summed E-state index contributed by atoms with van der Waals surface area (Å²) in [5, 5.41) is 6.69. The van der Waals surface area contributed by atoms with Crippen LogP contribution in [0.2, 0.25) is 0 Å². The van der Waals surface area contributed by atoms with E-state index in [2.05, 4.69) is 32.4 Å². The minimum atomic E-state index is 0.600. The summed E-state index contributed by atoms with van der Waals surface area (Å²) in [4.78, 5) is 11.4. The van der Waals surface area contributed by atoms with E-state index in [0.29, 0.717) is 12.4 Å². The van der Waals surface area contributed by atoms with Crippen LogP contribution in [0.25, 0.3) is 0 Å². The van der Waals surface area contributed by atoms with Gasteiger partial charge in [-0.1, -0.05) is 6.07 Å². The van der Waals surface area contributed by atoms with Crippen LogP contribution in [0.15, 0.2) is 23.3 Å². The molecule has 1 aliphatic carbocycles. The van der Waals surface area contributed by atoms with Crippen molar-refractivity contribution in [3.8, 4) is 5.88 Å². The summed E-state index contributed by atoms with van der Waals surface area (Å²) in [5.74, 6) is 2.29. The molecule has 1 saturated heterocycles. The first-order valence-corrected chi connectivity index (χ1v) is 9.73. The fraction of sp³-hybridized carbons (Fsp3) is 0.684. The van der Waals surface area contributed by atoms with E-state index in [-0.39, 0.29) is 0 Å². The summed E-state index contributed by atoms with van der Waals surface area (Å²) in [6, 6.07) is 3.97. The minimum Gasteiger partial charge on any atom is -0.477 e. The fourth-order valence-corrected chi connectivity index (χ4v) is 2.75. The third-order valence-corrected chi connectivity index (χ3v) is 4.55. The number of guanidine groups is 1. The van der Waals surface area contributed by atoms with Gasteiger partial charge in [-0.05, 0) is 31.2 Å². The number of nitrogens with zero attached hydrogens (tertiary/aromatic N) is 3. The molecule has 0 aromatic carbocycles. The summed E-state index contributed by atoms with van der Waals surface area (Å²) in [7, 11) is 0. The van der Waals surface area contributed by atoms with Crippen molar-refractivity contribution in [1.29, 1.82) is 0 Å². The van der Waals surface area contributed by atoms with Crippen molar-refractivity contribution in [3.63, 3.8) is 0 Å². The second-order valence-corrected chi connectivity index (χ2v) is 6.84. The van der Waals surface area contributed by atoms with Crippen LogP contribution >= 0.6 is 0 Å². The molecule has 0 amide bonds. The monoisotopic (exact) mass is 361 g/mol. The second-order valence-electron chi connectivity index (χ2n) is 6.84. The predicted molar refractivity (Wildman–Crippen MR) is 103 cm³/mol. The van der Waals surface area contributed by atoms with Gasteiger partial charge >= 0.3 is 0 Å². The van der Waals surface area contributed by atoms with Gasteiger partial charge in [0.1, 0.15) is 0 Å². The van der Waals surface area contributed by atoms with Crippen LogP contribution in [-0.4, -0.2) is 68.4 Å². The third-order valence-electron chi connectivity index (χ3n) is 4.55. The third kappa shape index (κ3) is 6.80. The van der Waals surface area contributed by atoms with Crippen LogP contribution in [0.1, 0.15) is 25.3 Å². The number of aromatic nitrogens is 1. The van der Waals surface area contributed by atoms with E-state index in [4.69, 9.17) is 9.47 Å². The Bertz CT molecular complexity index is 554. The quantitative estimate of drug-likeness (QED) is 0.510. The highest BCUT2D eigenvalue weighted by molar-refractivity contribution is 5.79. The van der Waals surface area contributed by atoms with Gasteiger partial charge in [0.2, 0.25) is 5.88 Å². The average molecular weight is 361 g/mol. The Labute approximate surface area is 156 Å². The number of nitrogens with one attached hydrogen (secondary N) is 2. The van der Waals surface area contributed by atoms with Crippen molar-refractivity contribution in [2.24, 2.45) is 10.9 Å². The van der Waals surface area contributed by atoms with Gasteiger partial charge in [0.05, 0.1) is 26.4 Å². The molecule has 144 valence electrons. The summed E-state index contributed by atoms with van der Waals surface area (Å²) < 4.78 is 11.1. The van der Waals surface area contributed by atoms with E-state index in [0.717, 1.165) is 70.0 Å². The van der Waals surface area contributed by atoms with Crippen molar-refractivity contribution in [2.45, 2.75) is 26.3 Å². The van der Waals surface area contributed by atoms with Crippen LogP contribution in [0.3, 0.4) is 0 Å². The molecule has 2 fully saturated rings. The molecule has 2 aliphatic rings. The number of ether oxygens (including phenoxy) is 2. The normalized spacial score (nSPS) is 18.6. The predicted octanol–water partition coefficient (Wildman–Crippen LogP) is 1.26. The van der Waals surface area contributed by atoms with Crippen LogP contribution in [0.5, 0.6) is 5.88 Å². The highest BCUT2D eigenvalue weighted by Crippen LogP contribution is 2.29. The smallest absolute Gasteiger partial charge is 0.213 e. The largest absolute Gasteiger partial charge is 0.477 e. The zero-order chi connectivity index (χ0) is 18.0. The maximum absolute atomic E-state index is 5.67. The molecule has 1 aromatic heterocycles. The van der Waals surface area contributed by atoms with Gasteiger partial charge in [0.15, 0.2) is 5.96 Å². The first kappa shape index (κ1) is 18.9. The molecule has 1 saturated carbocycles. The molecule has 0 spiro atoms. The highest BCUT2D eigenvalue weighted by atomic mass is 16.5. The molecule has 3 rings (SSSR count). The Hall–Kier alpha value is -1.86. The lowest BCUT2D eigenvalue weighted by Crippen LogP contribution is -2.44. The number of hydrogen-bond donors (Lipinski definition) is 2. The molecule has 7 heteroatoms. The van der Waals surface area contributed by atoms with Gasteiger partial charge in [0, 0.05) is 45.0 Å². The molecule has 2 N–H and O–H groups in total. The molecule has 1 aromatic rings. The Balaban J connectivity index is 1.41. The summed E-state index contributed by atoms with van der Waals surface area (Å²) in [5.41, 5.74) is 1.08. The molecule has 0 bridgehead atoms. The first-order valence-electron chi connectivity index (χ1n) is 9.73. The van der Waals surface area contributed by atoms with Gasteiger partial charge in [-0.25, -0.2) is 9.98 Å². The molecular weight excluding hydrogens is 330 g/mol. The highest BCUT2D eigenvalue weighted by Gasteiger charge is 2.22. The lowest BCUT2D eigenvalue weighted by atomic mass is 10.3. The number of rotatable bonds is 9.